The third-order valence-electron chi connectivity index (χ3n) is 15.0. The summed E-state index contributed by atoms with van der Waals surface area (Å²) >= 11 is 0. The molecule has 0 amide bonds. The van der Waals surface area contributed by atoms with E-state index in [0.29, 0.717) is 25.1 Å². The molecule has 10 atom stereocenters. The Balaban J connectivity index is 1.36. The van der Waals surface area contributed by atoms with Gasteiger partial charge in [-0.05, 0) is 87.6 Å². The Morgan fingerprint density at radius 2 is 1.87 bits per heavy atom. The van der Waals surface area contributed by atoms with Gasteiger partial charge in [0.1, 0.15) is 11.2 Å². The summed E-state index contributed by atoms with van der Waals surface area (Å²) in [5.41, 5.74) is 2.08. The molecule has 52 heavy (non-hydrogen) atoms. The SMILES string of the molecule is CC[C@]12C=CCN3CCC4(c5cc([C@@]6(C(=O)OC)CC7[CH][C@](C)(O)CN(CCc8c6[nH]c6ccccc86)C7)c(OC)cc5N(C)C4[C@](C)(O)[C@@H]1C)C32. The molecule has 3 aromatic rings. The minimum Gasteiger partial charge on any atom is -0.496 e. The highest BCUT2D eigenvalue weighted by molar-refractivity contribution is 5.94. The summed E-state index contributed by atoms with van der Waals surface area (Å²) in [6, 6.07) is 12.8. The van der Waals surface area contributed by atoms with Crippen LogP contribution in [-0.4, -0.2) is 108 Å². The molecule has 5 unspecified atom stereocenters. The number of anilines is 1. The fourth-order valence-corrected chi connectivity index (χ4v) is 13.1. The summed E-state index contributed by atoms with van der Waals surface area (Å²) in [5, 5.41) is 25.5. The first-order chi connectivity index (χ1) is 24.8. The average molecular weight is 708 g/mol. The third-order valence-corrected chi connectivity index (χ3v) is 15.0. The van der Waals surface area contributed by atoms with Crippen molar-refractivity contribution in [2.75, 3.05) is 58.9 Å². The maximum Gasteiger partial charge on any atom is 0.322 e. The summed E-state index contributed by atoms with van der Waals surface area (Å²) in [7, 11) is 5.33. The van der Waals surface area contributed by atoms with Crippen molar-refractivity contribution in [1.29, 1.82) is 0 Å². The van der Waals surface area contributed by atoms with Crippen molar-refractivity contribution in [3.63, 3.8) is 0 Å². The minimum atomic E-state index is -1.28. The Morgan fingerprint density at radius 1 is 1.08 bits per heavy atom. The van der Waals surface area contributed by atoms with E-state index in [2.05, 4.69) is 96.4 Å². The number of hydrogen-bond donors (Lipinski definition) is 3. The zero-order valence-corrected chi connectivity index (χ0v) is 31.8. The molecule has 1 aromatic heterocycles. The molecule has 5 aliphatic heterocycles. The molecule has 1 spiro atoms. The molecule has 9 rings (SSSR count). The molecular formula is C43H55N4O5. The molecular weight excluding hydrogens is 652 g/mol. The number of benzene rings is 2. The van der Waals surface area contributed by atoms with Gasteiger partial charge in [-0.15, -0.1) is 0 Å². The lowest BCUT2D eigenvalue weighted by atomic mass is 9.45. The molecule has 3 N–H and O–H groups in total. The summed E-state index contributed by atoms with van der Waals surface area (Å²) in [6.07, 6.45) is 9.76. The van der Waals surface area contributed by atoms with Crippen LogP contribution >= 0.6 is 0 Å². The van der Waals surface area contributed by atoms with E-state index in [1.165, 1.54) is 12.7 Å². The second-order valence-corrected chi connectivity index (χ2v) is 17.5. The lowest BCUT2D eigenvalue weighted by Gasteiger charge is -2.64. The Hall–Kier alpha value is -3.37. The second-order valence-electron chi connectivity index (χ2n) is 17.5. The Bertz CT molecular complexity index is 1980. The van der Waals surface area contributed by atoms with E-state index < -0.39 is 22.0 Å². The quantitative estimate of drug-likeness (QED) is 0.259. The molecule has 2 bridgehead atoms. The number of nitrogens with zero attached hydrogens (tertiary/aromatic N) is 3. The molecule has 9 nitrogen and oxygen atoms in total. The number of esters is 1. The average Bonchev–Trinajstić information content (AvgIpc) is 3.78. The highest BCUT2D eigenvalue weighted by Crippen LogP contribution is 2.69. The van der Waals surface area contributed by atoms with Crippen LogP contribution in [0.5, 0.6) is 5.75 Å². The van der Waals surface area contributed by atoms with Crippen LogP contribution in [0.3, 0.4) is 0 Å². The van der Waals surface area contributed by atoms with Crippen molar-refractivity contribution < 1.29 is 24.5 Å². The number of likely N-dealkylation sites (N-methyl/N-ethyl adjacent to an activating group) is 1. The number of aromatic amines is 1. The number of rotatable bonds is 4. The maximum absolute atomic E-state index is 15.1. The van der Waals surface area contributed by atoms with Gasteiger partial charge < -0.3 is 29.6 Å². The number of aliphatic hydroxyl groups is 2. The van der Waals surface area contributed by atoms with Gasteiger partial charge in [0.15, 0.2) is 0 Å². The summed E-state index contributed by atoms with van der Waals surface area (Å²) in [4.78, 5) is 26.2. The van der Waals surface area contributed by atoms with Crippen molar-refractivity contribution in [2.45, 2.75) is 87.5 Å². The number of hydrogen-bond acceptors (Lipinski definition) is 8. The number of piperidine rings is 1. The van der Waals surface area contributed by atoms with Crippen LogP contribution in [-0.2, 0) is 26.8 Å². The first-order valence-corrected chi connectivity index (χ1v) is 19.4. The molecule has 6 heterocycles. The Labute approximate surface area is 307 Å². The van der Waals surface area contributed by atoms with E-state index in [-0.39, 0.29) is 35.3 Å². The molecule has 1 saturated carbocycles. The lowest BCUT2D eigenvalue weighted by Crippen LogP contribution is -2.75. The smallest absolute Gasteiger partial charge is 0.322 e. The van der Waals surface area contributed by atoms with Crippen LogP contribution in [0.2, 0.25) is 0 Å². The highest BCUT2D eigenvalue weighted by Gasteiger charge is 2.74. The van der Waals surface area contributed by atoms with E-state index >= 15 is 4.79 Å². The first kappa shape index (κ1) is 34.4. The van der Waals surface area contributed by atoms with Gasteiger partial charge in [-0.1, -0.05) is 44.2 Å². The Morgan fingerprint density at radius 3 is 2.62 bits per heavy atom. The highest BCUT2D eigenvalue weighted by atomic mass is 16.5. The molecule has 1 radical (unpaired) electrons. The van der Waals surface area contributed by atoms with Gasteiger partial charge in [-0.2, -0.15) is 0 Å². The molecule has 277 valence electrons. The van der Waals surface area contributed by atoms with Gasteiger partial charge in [0.05, 0.1) is 31.5 Å². The van der Waals surface area contributed by atoms with Crippen LogP contribution in [0.1, 0.15) is 69.3 Å². The fraction of sp³-hybridized carbons (Fsp3) is 0.581. The predicted octanol–water partition coefficient (Wildman–Crippen LogP) is 4.97. The summed E-state index contributed by atoms with van der Waals surface area (Å²) < 4.78 is 12.3. The summed E-state index contributed by atoms with van der Waals surface area (Å²) in [5.74, 6) is 0.195. The number of carbonyl (C=O) groups excluding carboxylic acids is 1. The van der Waals surface area contributed by atoms with Gasteiger partial charge in [-0.25, -0.2) is 0 Å². The summed E-state index contributed by atoms with van der Waals surface area (Å²) in [6.45, 7) is 12.4. The van der Waals surface area contributed by atoms with Gasteiger partial charge in [-0.3, -0.25) is 14.6 Å². The van der Waals surface area contributed by atoms with E-state index in [4.69, 9.17) is 9.47 Å². The van der Waals surface area contributed by atoms with Crippen molar-refractivity contribution in [3.05, 3.63) is 77.4 Å². The van der Waals surface area contributed by atoms with Crippen molar-refractivity contribution in [2.24, 2.45) is 17.3 Å². The van der Waals surface area contributed by atoms with Gasteiger partial charge in [0, 0.05) is 84.0 Å². The first-order valence-electron chi connectivity index (χ1n) is 19.4. The number of carbonyl (C=O) groups is 1. The fourth-order valence-electron chi connectivity index (χ4n) is 13.1. The van der Waals surface area contributed by atoms with Crippen molar-refractivity contribution >= 4 is 22.6 Å². The largest absolute Gasteiger partial charge is 0.496 e. The molecule has 1 aliphatic carbocycles. The molecule has 2 saturated heterocycles. The van der Waals surface area contributed by atoms with E-state index in [9.17, 15) is 10.2 Å². The van der Waals surface area contributed by atoms with Crippen molar-refractivity contribution in [3.8, 4) is 5.75 Å². The standard InChI is InChI=1S/C43H55N4O5/c1-8-41-15-11-17-47-19-16-42(37(41)47)30-20-31(34(51-6)21-33(30)45(5)36(42)40(4,50)26(41)2)43(38(48)52-7)23-27-22-39(3,49)25-46(24-27)18-14-29-28-12-9-10-13-32(28)44-35(29)43/h9-13,15,20-22,26-27,36-37,44,49-50H,8,14,16-19,23-25H2,1-7H3/t26-,27?,36?,37?,39-,40+,41-,42?,43-/m0/s1. The van der Waals surface area contributed by atoms with Gasteiger partial charge in [0.25, 0.3) is 0 Å². The third kappa shape index (κ3) is 4.22. The number of fused-ring (bicyclic) bond motifs is 6. The number of ether oxygens (including phenoxy) is 2. The molecule has 2 aromatic carbocycles. The van der Waals surface area contributed by atoms with Crippen molar-refractivity contribution in [1.82, 2.24) is 14.8 Å². The minimum absolute atomic E-state index is 0.0191. The zero-order chi connectivity index (χ0) is 36.6. The van der Waals surface area contributed by atoms with E-state index in [1.54, 1.807) is 7.11 Å². The lowest BCUT2D eigenvalue weighted by molar-refractivity contribution is -0.147. The Kier molecular flexibility index (Phi) is 7.49. The number of aromatic nitrogens is 1. The van der Waals surface area contributed by atoms with Gasteiger partial charge in [0.2, 0.25) is 0 Å². The van der Waals surface area contributed by atoms with Crippen LogP contribution in [0.25, 0.3) is 10.9 Å². The molecule has 6 aliphatic rings. The van der Waals surface area contributed by atoms with Gasteiger partial charge >= 0.3 is 5.97 Å². The predicted molar refractivity (Wildman–Crippen MR) is 203 cm³/mol. The number of para-hydroxylation sites is 1. The van der Waals surface area contributed by atoms with Crippen LogP contribution in [0, 0.1) is 23.7 Å². The number of nitrogens with one attached hydrogen (secondary N) is 1. The normalized spacial score (nSPS) is 40.6. The topological polar surface area (TPSA) is 102 Å². The molecule has 3 fully saturated rings. The zero-order valence-electron chi connectivity index (χ0n) is 31.8. The monoisotopic (exact) mass is 707 g/mol. The van der Waals surface area contributed by atoms with E-state index in [1.807, 2.05) is 13.0 Å². The maximum atomic E-state index is 15.1. The van der Waals surface area contributed by atoms with Crippen LogP contribution in [0.4, 0.5) is 5.69 Å². The van der Waals surface area contributed by atoms with Crippen LogP contribution in [0.15, 0.2) is 48.6 Å². The number of methoxy groups -OCH3 is 2. The second kappa shape index (κ2) is 11.3. The van der Waals surface area contributed by atoms with Crippen LogP contribution < -0.4 is 9.64 Å². The number of H-pyrrole nitrogens is 1. The van der Waals surface area contributed by atoms with E-state index in [0.717, 1.165) is 72.4 Å². The molecule has 9 heteroatoms.